The Hall–Kier alpha value is -2.31. The van der Waals surface area contributed by atoms with Gasteiger partial charge in [0.1, 0.15) is 5.60 Å². The molecule has 1 fully saturated rings. The van der Waals surface area contributed by atoms with Crippen molar-refractivity contribution < 1.29 is 14.5 Å². The number of carbonyl (C=O) groups is 1. The van der Waals surface area contributed by atoms with E-state index < -0.39 is 5.60 Å². The van der Waals surface area contributed by atoms with Crippen LogP contribution in [0.1, 0.15) is 39.2 Å². The zero-order chi connectivity index (χ0) is 18.2. The summed E-state index contributed by atoms with van der Waals surface area (Å²) in [5.74, 6) is 0. The third-order valence-corrected chi connectivity index (χ3v) is 4.69. The van der Waals surface area contributed by atoms with Gasteiger partial charge in [-0.15, -0.1) is 0 Å². The van der Waals surface area contributed by atoms with E-state index in [2.05, 4.69) is 4.90 Å². The fourth-order valence-electron chi connectivity index (χ4n) is 3.61. The number of nitro groups is 1. The largest absolute Gasteiger partial charge is 0.444 e. The monoisotopic (exact) mass is 347 g/mol. The second-order valence-corrected chi connectivity index (χ2v) is 7.74. The van der Waals surface area contributed by atoms with Crippen LogP contribution in [0, 0.1) is 10.1 Å². The Morgan fingerprint density at radius 1 is 1.32 bits per heavy atom. The van der Waals surface area contributed by atoms with Gasteiger partial charge in [-0.3, -0.25) is 10.1 Å². The minimum atomic E-state index is -0.497. The first-order valence-electron chi connectivity index (χ1n) is 8.76. The molecule has 1 atom stereocenters. The van der Waals surface area contributed by atoms with Gasteiger partial charge in [0.05, 0.1) is 4.92 Å². The Bertz CT molecular complexity index is 683. The van der Waals surface area contributed by atoms with Crippen LogP contribution < -0.4 is 4.90 Å². The van der Waals surface area contributed by atoms with Crippen LogP contribution >= 0.6 is 0 Å². The lowest BCUT2D eigenvalue weighted by Gasteiger charge is -2.39. The SMILES string of the molecule is CC(C)(C)OC(=O)N1CCCC(N2CCc3cc([N+](=O)[O-])ccc32)C1. The number of nitrogens with zero attached hydrogens (tertiary/aromatic N) is 3. The molecule has 1 amide bonds. The second kappa shape index (κ2) is 6.54. The number of non-ortho nitro benzene ring substituents is 1. The van der Waals surface area contributed by atoms with E-state index in [1.807, 2.05) is 26.8 Å². The first-order valence-corrected chi connectivity index (χ1v) is 8.76. The average Bonchev–Trinajstić information content (AvgIpc) is 2.96. The first-order chi connectivity index (χ1) is 11.7. The summed E-state index contributed by atoms with van der Waals surface area (Å²) in [6.45, 7) is 7.79. The van der Waals surface area contributed by atoms with E-state index in [9.17, 15) is 14.9 Å². The molecule has 0 spiro atoms. The number of ether oxygens (including phenoxy) is 1. The number of piperidine rings is 1. The molecule has 2 aliphatic heterocycles. The quantitative estimate of drug-likeness (QED) is 0.606. The van der Waals surface area contributed by atoms with Crippen LogP contribution in [0.5, 0.6) is 0 Å². The fourth-order valence-corrected chi connectivity index (χ4v) is 3.61. The molecule has 25 heavy (non-hydrogen) atoms. The maximum Gasteiger partial charge on any atom is 0.410 e. The molecule has 0 aliphatic carbocycles. The molecule has 1 aromatic rings. The van der Waals surface area contributed by atoms with Crippen LogP contribution in [0.2, 0.25) is 0 Å². The second-order valence-electron chi connectivity index (χ2n) is 7.74. The Labute approximate surface area is 147 Å². The number of hydrogen-bond donors (Lipinski definition) is 0. The number of likely N-dealkylation sites (tertiary alicyclic amines) is 1. The zero-order valence-electron chi connectivity index (χ0n) is 15.0. The van der Waals surface area contributed by atoms with Crippen molar-refractivity contribution >= 4 is 17.5 Å². The van der Waals surface area contributed by atoms with Crippen molar-refractivity contribution in [1.82, 2.24) is 4.90 Å². The highest BCUT2D eigenvalue weighted by Crippen LogP contribution is 2.34. The molecule has 0 N–H and O–H groups in total. The summed E-state index contributed by atoms with van der Waals surface area (Å²) in [6, 6.07) is 5.30. The molecule has 0 radical (unpaired) electrons. The van der Waals surface area contributed by atoms with Crippen LogP contribution in [-0.2, 0) is 11.2 Å². The number of hydrogen-bond acceptors (Lipinski definition) is 5. The van der Waals surface area contributed by atoms with Gasteiger partial charge >= 0.3 is 6.09 Å². The Kier molecular flexibility index (Phi) is 4.58. The lowest BCUT2D eigenvalue weighted by Crippen LogP contribution is -2.50. The molecular weight excluding hydrogens is 322 g/mol. The highest BCUT2D eigenvalue weighted by atomic mass is 16.6. The van der Waals surface area contributed by atoms with Gasteiger partial charge in [-0.25, -0.2) is 4.79 Å². The fraction of sp³-hybridized carbons (Fsp3) is 0.611. The van der Waals surface area contributed by atoms with Crippen molar-refractivity contribution in [1.29, 1.82) is 0 Å². The third kappa shape index (κ3) is 3.86. The summed E-state index contributed by atoms with van der Waals surface area (Å²) in [7, 11) is 0. The summed E-state index contributed by atoms with van der Waals surface area (Å²) in [5, 5.41) is 10.9. The maximum absolute atomic E-state index is 12.3. The highest BCUT2D eigenvalue weighted by molar-refractivity contribution is 5.69. The number of amides is 1. The average molecular weight is 347 g/mol. The van der Waals surface area contributed by atoms with E-state index in [0.717, 1.165) is 37.1 Å². The molecule has 7 heteroatoms. The highest BCUT2D eigenvalue weighted by Gasteiger charge is 2.33. The lowest BCUT2D eigenvalue weighted by molar-refractivity contribution is -0.384. The molecule has 7 nitrogen and oxygen atoms in total. The topological polar surface area (TPSA) is 75.9 Å². The van der Waals surface area contributed by atoms with Gasteiger partial charge in [-0.2, -0.15) is 0 Å². The van der Waals surface area contributed by atoms with Gasteiger partial charge < -0.3 is 14.5 Å². The minimum Gasteiger partial charge on any atom is -0.444 e. The molecule has 1 aromatic carbocycles. The first kappa shape index (κ1) is 17.5. The van der Waals surface area contributed by atoms with E-state index in [1.54, 1.807) is 17.0 Å². The number of benzene rings is 1. The van der Waals surface area contributed by atoms with Gasteiger partial charge in [0, 0.05) is 43.5 Å². The van der Waals surface area contributed by atoms with Crippen molar-refractivity contribution in [3.63, 3.8) is 0 Å². The zero-order valence-corrected chi connectivity index (χ0v) is 15.0. The standard InChI is InChI=1S/C18H25N3O4/c1-18(2,3)25-17(22)19-9-4-5-15(12-19)20-10-8-13-11-14(21(23)24)6-7-16(13)20/h6-7,11,15H,4-5,8-10,12H2,1-3H3. The van der Waals surface area contributed by atoms with E-state index in [1.165, 1.54) is 0 Å². The molecule has 0 aromatic heterocycles. The van der Waals surface area contributed by atoms with E-state index in [0.29, 0.717) is 13.1 Å². The van der Waals surface area contributed by atoms with Crippen LogP contribution in [0.15, 0.2) is 18.2 Å². The summed E-state index contributed by atoms with van der Waals surface area (Å²) >= 11 is 0. The van der Waals surface area contributed by atoms with Crippen molar-refractivity contribution in [2.24, 2.45) is 0 Å². The van der Waals surface area contributed by atoms with Crippen LogP contribution in [0.25, 0.3) is 0 Å². The molecule has 0 saturated carbocycles. The maximum atomic E-state index is 12.3. The van der Waals surface area contributed by atoms with E-state index >= 15 is 0 Å². The van der Waals surface area contributed by atoms with Crippen LogP contribution in [0.4, 0.5) is 16.2 Å². The number of fused-ring (bicyclic) bond motifs is 1. The molecule has 2 aliphatic rings. The molecular formula is C18H25N3O4. The van der Waals surface area contributed by atoms with Crippen molar-refractivity contribution in [3.05, 3.63) is 33.9 Å². The summed E-state index contributed by atoms with van der Waals surface area (Å²) in [6.07, 6.45) is 2.48. The van der Waals surface area contributed by atoms with Crippen molar-refractivity contribution in [2.75, 3.05) is 24.5 Å². The van der Waals surface area contributed by atoms with Gasteiger partial charge in [-0.1, -0.05) is 0 Å². The Balaban J connectivity index is 1.71. The predicted octanol–water partition coefficient (Wildman–Crippen LogP) is 3.36. The third-order valence-electron chi connectivity index (χ3n) is 4.69. The molecule has 0 bridgehead atoms. The van der Waals surface area contributed by atoms with Crippen molar-refractivity contribution in [3.8, 4) is 0 Å². The van der Waals surface area contributed by atoms with Gasteiger partial charge in [0.25, 0.3) is 5.69 Å². The Morgan fingerprint density at radius 3 is 2.76 bits per heavy atom. The summed E-state index contributed by atoms with van der Waals surface area (Å²) in [5.41, 5.74) is 1.72. The van der Waals surface area contributed by atoms with E-state index in [4.69, 9.17) is 4.74 Å². The predicted molar refractivity (Wildman–Crippen MR) is 95.0 cm³/mol. The van der Waals surface area contributed by atoms with E-state index in [-0.39, 0.29) is 22.7 Å². The lowest BCUT2D eigenvalue weighted by atomic mass is 10.0. The number of carbonyl (C=O) groups excluding carboxylic acids is 1. The van der Waals surface area contributed by atoms with Crippen LogP contribution in [-0.4, -0.2) is 47.2 Å². The molecule has 1 saturated heterocycles. The number of rotatable bonds is 2. The van der Waals surface area contributed by atoms with Crippen molar-refractivity contribution in [2.45, 2.75) is 51.7 Å². The number of anilines is 1. The van der Waals surface area contributed by atoms with Gasteiger partial charge in [-0.05, 0) is 51.7 Å². The van der Waals surface area contributed by atoms with Gasteiger partial charge in [0.2, 0.25) is 0 Å². The van der Waals surface area contributed by atoms with Crippen LogP contribution in [0.3, 0.4) is 0 Å². The molecule has 2 heterocycles. The number of nitro benzene ring substituents is 1. The minimum absolute atomic E-state index is 0.139. The normalized spacial score (nSPS) is 20.4. The molecule has 3 rings (SSSR count). The Morgan fingerprint density at radius 2 is 2.08 bits per heavy atom. The summed E-state index contributed by atoms with van der Waals surface area (Å²) in [4.78, 5) is 27.0. The summed E-state index contributed by atoms with van der Waals surface area (Å²) < 4.78 is 5.49. The molecule has 1 unspecified atom stereocenters. The van der Waals surface area contributed by atoms with Gasteiger partial charge in [0.15, 0.2) is 0 Å². The smallest absolute Gasteiger partial charge is 0.410 e. The molecule has 136 valence electrons.